The van der Waals surface area contributed by atoms with E-state index in [1.54, 1.807) is 0 Å². The third-order valence-electron chi connectivity index (χ3n) is 2.78. The van der Waals surface area contributed by atoms with Crippen LogP contribution in [-0.2, 0) is 10.0 Å². The number of nitrogens with two attached hydrogens (primary N) is 1. The molecule has 0 unspecified atom stereocenters. The fourth-order valence-corrected chi connectivity index (χ4v) is 3.18. The van der Waals surface area contributed by atoms with Crippen molar-refractivity contribution in [3.63, 3.8) is 0 Å². The highest BCUT2D eigenvalue weighted by atomic mass is 32.2. The Morgan fingerprint density at radius 2 is 2.21 bits per heavy atom. The second-order valence-electron chi connectivity index (χ2n) is 4.51. The number of amidine groups is 1. The minimum Gasteiger partial charge on any atom is -0.409 e. The fraction of sp³-hybridized carbons (Fsp3) is 0.364. The van der Waals surface area contributed by atoms with Crippen LogP contribution >= 0.6 is 0 Å². The smallest absolute Gasteiger partial charge is 0.232 e. The summed E-state index contributed by atoms with van der Waals surface area (Å²) in [5, 5.41) is 11.2. The number of hydrogen-bond donors (Lipinski definition) is 3. The van der Waals surface area contributed by atoms with Crippen LogP contribution in [0.15, 0.2) is 23.4 Å². The van der Waals surface area contributed by atoms with Gasteiger partial charge in [-0.2, -0.15) is 0 Å². The lowest BCUT2D eigenvalue weighted by Gasteiger charge is -2.09. The summed E-state index contributed by atoms with van der Waals surface area (Å²) in [5.41, 5.74) is 5.33. The molecule has 8 heteroatoms. The quantitative estimate of drug-likeness (QED) is 0.326. The van der Waals surface area contributed by atoms with E-state index in [0.717, 1.165) is 18.9 Å². The molecule has 0 amide bonds. The number of halogens is 1. The van der Waals surface area contributed by atoms with E-state index in [0.29, 0.717) is 0 Å². The second kappa shape index (κ2) is 5.04. The first kappa shape index (κ1) is 13.6. The molecule has 4 N–H and O–H groups in total. The van der Waals surface area contributed by atoms with Crippen molar-refractivity contribution >= 4 is 21.5 Å². The van der Waals surface area contributed by atoms with Crippen LogP contribution in [0.3, 0.4) is 0 Å². The molecule has 0 bridgehead atoms. The lowest BCUT2D eigenvalue weighted by Crippen LogP contribution is -2.19. The first-order valence-electron chi connectivity index (χ1n) is 5.69. The van der Waals surface area contributed by atoms with Gasteiger partial charge in [0.15, 0.2) is 5.84 Å². The van der Waals surface area contributed by atoms with E-state index < -0.39 is 21.7 Å². The number of benzene rings is 1. The van der Waals surface area contributed by atoms with Crippen LogP contribution in [0, 0.1) is 11.7 Å². The Bertz CT molecular complexity index is 612. The molecule has 0 saturated heterocycles. The zero-order valence-electron chi connectivity index (χ0n) is 10.0. The van der Waals surface area contributed by atoms with Crippen molar-refractivity contribution < 1.29 is 18.0 Å². The summed E-state index contributed by atoms with van der Waals surface area (Å²) in [7, 11) is -3.45. The first-order chi connectivity index (χ1) is 8.91. The molecule has 1 aromatic carbocycles. The molecule has 0 radical (unpaired) electrons. The standard InChI is InChI=1S/C11H14FN3O3S/c12-10-4-3-8(5-9(10)11(13)14-16)15-19(17,18)6-7-1-2-7/h3-5,7,15-16H,1-2,6H2,(H2,13,14). The maximum absolute atomic E-state index is 13.4. The Morgan fingerprint density at radius 1 is 1.53 bits per heavy atom. The van der Waals surface area contributed by atoms with Crippen LogP contribution < -0.4 is 10.5 Å². The second-order valence-corrected chi connectivity index (χ2v) is 6.27. The van der Waals surface area contributed by atoms with Crippen LogP contribution in [0.1, 0.15) is 18.4 Å². The topological polar surface area (TPSA) is 105 Å². The fourth-order valence-electron chi connectivity index (χ4n) is 1.65. The SMILES string of the molecule is NC(=NO)c1cc(NS(=O)(=O)CC2CC2)ccc1F. The molecule has 1 fully saturated rings. The third kappa shape index (κ3) is 3.57. The van der Waals surface area contributed by atoms with Crippen molar-refractivity contribution in [3.05, 3.63) is 29.6 Å². The number of oxime groups is 1. The van der Waals surface area contributed by atoms with E-state index in [1.807, 2.05) is 0 Å². The molecular weight excluding hydrogens is 273 g/mol. The summed E-state index contributed by atoms with van der Waals surface area (Å²) < 4.78 is 39.3. The molecule has 0 spiro atoms. The summed E-state index contributed by atoms with van der Waals surface area (Å²) in [4.78, 5) is 0. The molecule has 1 aliphatic rings. The zero-order chi connectivity index (χ0) is 14.0. The summed E-state index contributed by atoms with van der Waals surface area (Å²) >= 11 is 0. The van der Waals surface area contributed by atoms with Crippen molar-refractivity contribution in [2.24, 2.45) is 16.8 Å². The maximum atomic E-state index is 13.4. The number of rotatable bonds is 5. The van der Waals surface area contributed by atoms with Gasteiger partial charge in [-0.25, -0.2) is 12.8 Å². The highest BCUT2D eigenvalue weighted by molar-refractivity contribution is 7.92. The van der Waals surface area contributed by atoms with Crippen molar-refractivity contribution in [1.82, 2.24) is 0 Å². The van der Waals surface area contributed by atoms with Crippen LogP contribution in [0.2, 0.25) is 0 Å². The van der Waals surface area contributed by atoms with Crippen molar-refractivity contribution in [3.8, 4) is 0 Å². The third-order valence-corrected chi connectivity index (χ3v) is 4.23. The van der Waals surface area contributed by atoms with Crippen LogP contribution in [0.25, 0.3) is 0 Å². The van der Waals surface area contributed by atoms with E-state index in [9.17, 15) is 12.8 Å². The van der Waals surface area contributed by atoms with Crippen molar-refractivity contribution in [1.29, 1.82) is 0 Å². The van der Waals surface area contributed by atoms with Gasteiger partial charge < -0.3 is 10.9 Å². The Labute approximate surface area is 110 Å². The van der Waals surface area contributed by atoms with E-state index in [1.165, 1.54) is 12.1 Å². The van der Waals surface area contributed by atoms with Gasteiger partial charge in [0.05, 0.1) is 11.3 Å². The summed E-state index contributed by atoms with van der Waals surface area (Å²) in [6.07, 6.45) is 1.83. The lowest BCUT2D eigenvalue weighted by molar-refractivity contribution is 0.318. The van der Waals surface area contributed by atoms with Gasteiger partial charge in [-0.15, -0.1) is 0 Å². The molecule has 2 rings (SSSR count). The Hall–Kier alpha value is -1.83. The van der Waals surface area contributed by atoms with Gasteiger partial charge >= 0.3 is 0 Å². The minimum absolute atomic E-state index is 0.0588. The van der Waals surface area contributed by atoms with Gasteiger partial charge in [0.2, 0.25) is 10.0 Å². The Kier molecular flexibility index (Phi) is 3.61. The highest BCUT2D eigenvalue weighted by Crippen LogP contribution is 2.30. The number of sulfonamides is 1. The van der Waals surface area contributed by atoms with Gasteiger partial charge in [0.1, 0.15) is 5.82 Å². The minimum atomic E-state index is -3.45. The molecule has 1 aliphatic carbocycles. The summed E-state index contributed by atoms with van der Waals surface area (Å²) in [6.45, 7) is 0. The molecule has 104 valence electrons. The molecule has 0 aromatic heterocycles. The van der Waals surface area contributed by atoms with Crippen molar-refractivity contribution in [2.75, 3.05) is 10.5 Å². The van der Waals surface area contributed by atoms with E-state index in [-0.39, 0.29) is 22.9 Å². The van der Waals surface area contributed by atoms with Crippen LogP contribution in [0.4, 0.5) is 10.1 Å². The predicted molar refractivity (Wildman–Crippen MR) is 69.0 cm³/mol. The molecule has 1 saturated carbocycles. The van der Waals surface area contributed by atoms with E-state index in [4.69, 9.17) is 10.9 Å². The first-order valence-corrected chi connectivity index (χ1v) is 7.34. The molecule has 0 heterocycles. The van der Waals surface area contributed by atoms with Gasteiger partial charge in [-0.05, 0) is 37.0 Å². The number of nitrogens with one attached hydrogen (secondary N) is 1. The average molecular weight is 287 g/mol. The largest absolute Gasteiger partial charge is 0.409 e. The maximum Gasteiger partial charge on any atom is 0.232 e. The van der Waals surface area contributed by atoms with Gasteiger partial charge in [0.25, 0.3) is 0 Å². The molecule has 1 aromatic rings. The Balaban J connectivity index is 2.21. The molecule has 0 aliphatic heterocycles. The summed E-state index contributed by atoms with van der Waals surface area (Å²) in [6, 6.07) is 3.53. The Morgan fingerprint density at radius 3 is 2.79 bits per heavy atom. The van der Waals surface area contributed by atoms with E-state index in [2.05, 4.69) is 9.88 Å². The molecule has 6 nitrogen and oxygen atoms in total. The number of hydrogen-bond acceptors (Lipinski definition) is 4. The highest BCUT2D eigenvalue weighted by Gasteiger charge is 2.28. The van der Waals surface area contributed by atoms with Crippen LogP contribution in [0.5, 0.6) is 0 Å². The zero-order valence-corrected chi connectivity index (χ0v) is 10.8. The molecular formula is C11H14FN3O3S. The number of anilines is 1. The van der Waals surface area contributed by atoms with Crippen molar-refractivity contribution in [2.45, 2.75) is 12.8 Å². The normalized spacial score (nSPS) is 16.4. The van der Waals surface area contributed by atoms with Crippen LogP contribution in [-0.4, -0.2) is 25.2 Å². The number of nitrogens with zero attached hydrogens (tertiary/aromatic N) is 1. The van der Waals surface area contributed by atoms with Gasteiger partial charge in [-0.3, -0.25) is 4.72 Å². The molecule has 19 heavy (non-hydrogen) atoms. The monoisotopic (exact) mass is 287 g/mol. The lowest BCUT2D eigenvalue weighted by atomic mass is 10.2. The predicted octanol–water partition coefficient (Wildman–Crippen LogP) is 1.07. The average Bonchev–Trinajstić information content (AvgIpc) is 3.13. The van der Waals surface area contributed by atoms with Gasteiger partial charge in [-0.1, -0.05) is 5.16 Å². The summed E-state index contributed by atoms with van der Waals surface area (Å²) in [5.74, 6) is -0.841. The molecule has 0 atom stereocenters. The van der Waals surface area contributed by atoms with E-state index >= 15 is 0 Å². The van der Waals surface area contributed by atoms with Gasteiger partial charge in [0, 0.05) is 5.69 Å².